The second-order valence-corrected chi connectivity index (χ2v) is 7.59. The predicted molar refractivity (Wildman–Crippen MR) is 116 cm³/mol. The van der Waals surface area contributed by atoms with Gasteiger partial charge in [0.1, 0.15) is 17.6 Å². The molecule has 158 valence electrons. The molecule has 0 radical (unpaired) electrons. The Balaban J connectivity index is 1.64. The van der Waals surface area contributed by atoms with E-state index in [0.717, 1.165) is 43.5 Å². The van der Waals surface area contributed by atoms with Gasteiger partial charge in [0.05, 0.1) is 26.0 Å². The topological polar surface area (TPSA) is 63.9 Å². The number of aromatic nitrogens is 2. The number of methoxy groups -OCH3 is 1. The van der Waals surface area contributed by atoms with Gasteiger partial charge in [0.2, 0.25) is 0 Å². The molecule has 3 atom stereocenters. The number of piperidine rings is 1. The summed E-state index contributed by atoms with van der Waals surface area (Å²) >= 11 is 0. The van der Waals surface area contributed by atoms with Crippen molar-refractivity contribution in [1.82, 2.24) is 19.8 Å². The third-order valence-corrected chi connectivity index (χ3v) is 5.34. The van der Waals surface area contributed by atoms with Crippen LogP contribution in [0.3, 0.4) is 0 Å². The first kappa shape index (κ1) is 21.0. The number of likely N-dealkylation sites (tertiary alicyclic amines) is 1. The fourth-order valence-electron chi connectivity index (χ4n) is 3.68. The van der Waals surface area contributed by atoms with Crippen LogP contribution < -0.4 is 14.8 Å². The number of nitrogens with one attached hydrogen (secondary N) is 1. The molecular weight excluding hydrogens is 366 g/mol. The maximum Gasteiger partial charge on any atom is 0.194 e. The number of rotatable bonds is 7. The minimum Gasteiger partial charge on any atom is -0.497 e. The molecule has 0 bridgehead atoms. The lowest BCUT2D eigenvalue weighted by Crippen LogP contribution is -2.49. The molecule has 1 saturated heterocycles. The monoisotopic (exact) mass is 399 g/mol. The Kier molecular flexibility index (Phi) is 7.38. The Morgan fingerprint density at radius 1 is 1.38 bits per heavy atom. The van der Waals surface area contributed by atoms with Crippen molar-refractivity contribution in [3.05, 3.63) is 43.0 Å². The van der Waals surface area contributed by atoms with Crippen molar-refractivity contribution in [3.63, 3.8) is 0 Å². The molecule has 1 fully saturated rings. The van der Waals surface area contributed by atoms with E-state index in [0.29, 0.717) is 18.5 Å². The van der Waals surface area contributed by atoms with E-state index in [-0.39, 0.29) is 6.10 Å². The summed E-state index contributed by atoms with van der Waals surface area (Å²) in [6.45, 7) is 9.81. The summed E-state index contributed by atoms with van der Waals surface area (Å²) < 4.78 is 13.5. The van der Waals surface area contributed by atoms with Gasteiger partial charge in [-0.3, -0.25) is 0 Å². The highest BCUT2D eigenvalue weighted by atomic mass is 16.5. The smallest absolute Gasteiger partial charge is 0.194 e. The predicted octanol–water partition coefficient (Wildman–Crippen LogP) is 3.21. The highest BCUT2D eigenvalue weighted by Crippen LogP contribution is 2.27. The molecule has 1 aromatic heterocycles. The Morgan fingerprint density at radius 3 is 2.93 bits per heavy atom. The highest BCUT2D eigenvalue weighted by molar-refractivity contribution is 5.80. The number of imidazole rings is 1. The summed E-state index contributed by atoms with van der Waals surface area (Å²) in [6.07, 6.45) is 6.91. The van der Waals surface area contributed by atoms with Gasteiger partial charge in [-0.05, 0) is 38.3 Å². The van der Waals surface area contributed by atoms with Crippen LogP contribution in [-0.2, 0) is 0 Å². The van der Waals surface area contributed by atoms with Gasteiger partial charge in [0, 0.05) is 38.1 Å². The van der Waals surface area contributed by atoms with Crippen molar-refractivity contribution in [2.45, 2.75) is 39.3 Å². The average Bonchev–Trinajstić information content (AvgIpc) is 3.26. The lowest BCUT2D eigenvalue weighted by molar-refractivity contribution is 0.187. The van der Waals surface area contributed by atoms with Crippen molar-refractivity contribution < 1.29 is 9.47 Å². The Labute approximate surface area is 173 Å². The van der Waals surface area contributed by atoms with Crippen LogP contribution in [0.1, 0.15) is 33.2 Å². The zero-order chi connectivity index (χ0) is 20.6. The molecule has 2 heterocycles. The summed E-state index contributed by atoms with van der Waals surface area (Å²) in [6, 6.07) is 8.08. The third-order valence-electron chi connectivity index (χ3n) is 5.34. The van der Waals surface area contributed by atoms with Gasteiger partial charge in [0.15, 0.2) is 5.96 Å². The van der Waals surface area contributed by atoms with Gasteiger partial charge in [-0.25, -0.2) is 9.98 Å². The van der Waals surface area contributed by atoms with E-state index in [2.05, 4.69) is 39.8 Å². The number of nitrogens with zero attached hydrogens (tertiary/aromatic N) is 4. The molecule has 0 amide bonds. The maximum atomic E-state index is 6.02. The molecule has 3 unspecified atom stereocenters. The fourth-order valence-corrected chi connectivity index (χ4v) is 3.68. The number of hydrogen-bond donors (Lipinski definition) is 1. The number of aliphatic imine (C=N–C) groups is 1. The first-order valence-electron chi connectivity index (χ1n) is 10.4. The standard InChI is InChI=1S/C22H33N5O2/c1-5-24-22(25-14-18(3)29-20-8-6-7-19(13-20)28-4)26-11-9-17(2)21(15-26)27-12-10-23-16-27/h6-8,10,12-13,16-18,21H,5,9,11,14-15H2,1-4H3,(H,24,25). The Morgan fingerprint density at radius 2 is 2.21 bits per heavy atom. The van der Waals surface area contributed by atoms with Crippen LogP contribution in [0.5, 0.6) is 11.5 Å². The van der Waals surface area contributed by atoms with Crippen LogP contribution in [0.2, 0.25) is 0 Å². The minimum atomic E-state index is -0.0380. The molecule has 2 aromatic rings. The van der Waals surface area contributed by atoms with Crippen LogP contribution >= 0.6 is 0 Å². The molecule has 0 spiro atoms. The van der Waals surface area contributed by atoms with Crippen molar-refractivity contribution in [3.8, 4) is 11.5 Å². The summed E-state index contributed by atoms with van der Waals surface area (Å²) in [4.78, 5) is 11.4. The zero-order valence-corrected chi connectivity index (χ0v) is 17.9. The van der Waals surface area contributed by atoms with E-state index in [1.807, 2.05) is 43.7 Å². The van der Waals surface area contributed by atoms with Gasteiger partial charge in [-0.15, -0.1) is 0 Å². The molecule has 0 aliphatic carbocycles. The molecule has 7 heteroatoms. The number of hydrogen-bond acceptors (Lipinski definition) is 4. The second kappa shape index (κ2) is 10.2. The van der Waals surface area contributed by atoms with Gasteiger partial charge in [-0.1, -0.05) is 13.0 Å². The van der Waals surface area contributed by atoms with Crippen molar-refractivity contribution in [2.24, 2.45) is 10.9 Å². The van der Waals surface area contributed by atoms with E-state index < -0.39 is 0 Å². The van der Waals surface area contributed by atoms with E-state index in [1.165, 1.54) is 0 Å². The van der Waals surface area contributed by atoms with Gasteiger partial charge in [-0.2, -0.15) is 0 Å². The zero-order valence-electron chi connectivity index (χ0n) is 17.9. The van der Waals surface area contributed by atoms with E-state index >= 15 is 0 Å². The highest BCUT2D eigenvalue weighted by Gasteiger charge is 2.29. The van der Waals surface area contributed by atoms with Gasteiger partial charge >= 0.3 is 0 Å². The first-order valence-corrected chi connectivity index (χ1v) is 10.4. The van der Waals surface area contributed by atoms with Gasteiger partial charge < -0.3 is 24.3 Å². The molecule has 7 nitrogen and oxygen atoms in total. The number of benzene rings is 1. The number of guanidine groups is 1. The van der Waals surface area contributed by atoms with Crippen LogP contribution in [0, 0.1) is 5.92 Å². The maximum absolute atomic E-state index is 6.02. The molecule has 1 N–H and O–H groups in total. The lowest BCUT2D eigenvalue weighted by Gasteiger charge is -2.39. The van der Waals surface area contributed by atoms with Crippen molar-refractivity contribution >= 4 is 5.96 Å². The first-order chi connectivity index (χ1) is 14.1. The molecule has 1 aromatic carbocycles. The molecule has 3 rings (SSSR count). The molecular formula is C22H33N5O2. The number of ether oxygens (including phenoxy) is 2. The Hall–Kier alpha value is -2.70. The van der Waals surface area contributed by atoms with Crippen LogP contribution in [-0.4, -0.2) is 59.8 Å². The SMILES string of the molecule is CCNC(=NCC(C)Oc1cccc(OC)c1)N1CCC(C)C(n2ccnc2)C1. The van der Waals surface area contributed by atoms with E-state index in [9.17, 15) is 0 Å². The van der Waals surface area contributed by atoms with E-state index in [4.69, 9.17) is 14.5 Å². The van der Waals surface area contributed by atoms with Crippen LogP contribution in [0.25, 0.3) is 0 Å². The summed E-state index contributed by atoms with van der Waals surface area (Å²) in [7, 11) is 1.66. The summed E-state index contributed by atoms with van der Waals surface area (Å²) in [5.74, 6) is 3.15. The summed E-state index contributed by atoms with van der Waals surface area (Å²) in [5, 5.41) is 3.45. The molecule has 1 aliphatic heterocycles. The van der Waals surface area contributed by atoms with Crippen molar-refractivity contribution in [2.75, 3.05) is 33.3 Å². The Bertz CT molecular complexity index is 777. The van der Waals surface area contributed by atoms with Crippen LogP contribution in [0.15, 0.2) is 48.0 Å². The van der Waals surface area contributed by atoms with Gasteiger partial charge in [0.25, 0.3) is 0 Å². The average molecular weight is 400 g/mol. The normalized spacial score (nSPS) is 21.0. The minimum absolute atomic E-state index is 0.0380. The lowest BCUT2D eigenvalue weighted by atomic mass is 9.93. The molecule has 1 aliphatic rings. The van der Waals surface area contributed by atoms with E-state index in [1.54, 1.807) is 7.11 Å². The van der Waals surface area contributed by atoms with Crippen LogP contribution in [0.4, 0.5) is 0 Å². The fraction of sp³-hybridized carbons (Fsp3) is 0.545. The third kappa shape index (κ3) is 5.65. The molecule has 29 heavy (non-hydrogen) atoms. The largest absolute Gasteiger partial charge is 0.497 e. The summed E-state index contributed by atoms with van der Waals surface area (Å²) in [5.41, 5.74) is 0. The second-order valence-electron chi connectivity index (χ2n) is 7.59. The quantitative estimate of drug-likeness (QED) is 0.572. The van der Waals surface area contributed by atoms with Crippen molar-refractivity contribution in [1.29, 1.82) is 0 Å². The molecule has 0 saturated carbocycles.